The van der Waals surface area contributed by atoms with Gasteiger partial charge in [0.05, 0.1) is 22.5 Å². The van der Waals surface area contributed by atoms with Crippen molar-refractivity contribution in [2.24, 2.45) is 0 Å². The number of hydrogen-bond acceptors (Lipinski definition) is 5. The lowest BCUT2D eigenvalue weighted by Gasteiger charge is -2.30. The van der Waals surface area contributed by atoms with Gasteiger partial charge >= 0.3 is 5.97 Å². The number of aromatic nitrogens is 4. The summed E-state index contributed by atoms with van der Waals surface area (Å²) in [5.41, 5.74) is 7.06. The molecule has 3 aromatic heterocycles. The van der Waals surface area contributed by atoms with Gasteiger partial charge in [-0.05, 0) is 48.5 Å². The summed E-state index contributed by atoms with van der Waals surface area (Å²) in [4.78, 5) is 24.0. The summed E-state index contributed by atoms with van der Waals surface area (Å²) in [5.74, 6) is -0.930. The molecule has 0 aliphatic carbocycles. The molecule has 1 aliphatic rings. The standard InChI is InChI=1S/C30H25N5O2/c1-2-34-17-21(29-25(19-34)27(30(36)37)24-12-6-7-13-26(24)32-29)15-22-18-35(23-10-4-3-5-11-23)33-28(22)20-9-8-14-31-16-20/h3-16,18H,2,17,19H2,1H3,(H,36,37)/b21-15+. The lowest BCUT2D eigenvalue weighted by Crippen LogP contribution is -2.31. The van der Waals surface area contributed by atoms with E-state index in [-0.39, 0.29) is 0 Å². The van der Waals surface area contributed by atoms with Crippen LogP contribution < -0.4 is 0 Å². The van der Waals surface area contributed by atoms with Crippen molar-refractivity contribution in [3.05, 3.63) is 108 Å². The largest absolute Gasteiger partial charge is 0.478 e. The number of nitrogens with zero attached hydrogens (tertiary/aromatic N) is 5. The second-order valence-electron chi connectivity index (χ2n) is 9.06. The van der Waals surface area contributed by atoms with E-state index in [0.29, 0.717) is 29.6 Å². The van der Waals surface area contributed by atoms with Crippen LogP contribution in [0.4, 0.5) is 0 Å². The van der Waals surface area contributed by atoms with Crippen LogP contribution >= 0.6 is 0 Å². The Labute approximate surface area is 214 Å². The van der Waals surface area contributed by atoms with E-state index in [1.54, 1.807) is 12.4 Å². The number of fused-ring (bicyclic) bond motifs is 2. The van der Waals surface area contributed by atoms with Crippen LogP contribution in [0.3, 0.4) is 0 Å². The van der Waals surface area contributed by atoms with E-state index in [1.807, 2.05) is 77.6 Å². The van der Waals surface area contributed by atoms with Crippen LogP contribution in [0.2, 0.25) is 0 Å². The zero-order chi connectivity index (χ0) is 25.4. The van der Waals surface area contributed by atoms with Gasteiger partial charge in [0.2, 0.25) is 0 Å². The highest BCUT2D eigenvalue weighted by molar-refractivity contribution is 6.06. The van der Waals surface area contributed by atoms with E-state index < -0.39 is 5.97 Å². The van der Waals surface area contributed by atoms with Crippen LogP contribution in [0.15, 0.2) is 85.3 Å². The fourth-order valence-electron chi connectivity index (χ4n) is 4.97. The van der Waals surface area contributed by atoms with Gasteiger partial charge in [0.25, 0.3) is 0 Å². The summed E-state index contributed by atoms with van der Waals surface area (Å²) in [5, 5.41) is 15.8. The molecule has 7 nitrogen and oxygen atoms in total. The number of carboxylic acids is 1. The van der Waals surface area contributed by atoms with Crippen molar-refractivity contribution in [3.8, 4) is 16.9 Å². The van der Waals surface area contributed by atoms with Gasteiger partial charge in [0.1, 0.15) is 5.69 Å². The van der Waals surface area contributed by atoms with Crippen LogP contribution in [0.25, 0.3) is 39.5 Å². The van der Waals surface area contributed by atoms with E-state index in [0.717, 1.165) is 45.9 Å². The number of carboxylic acid groups (broad SMARTS) is 1. The predicted molar refractivity (Wildman–Crippen MR) is 144 cm³/mol. The third kappa shape index (κ3) is 4.19. The Hall–Kier alpha value is -4.62. The molecule has 0 amide bonds. The van der Waals surface area contributed by atoms with Crippen molar-refractivity contribution in [1.29, 1.82) is 0 Å². The third-order valence-electron chi connectivity index (χ3n) is 6.76. The van der Waals surface area contributed by atoms with Gasteiger partial charge < -0.3 is 5.11 Å². The average Bonchev–Trinajstić information content (AvgIpc) is 3.36. The Morgan fingerprint density at radius 2 is 1.81 bits per heavy atom. The number of benzene rings is 2. The van der Waals surface area contributed by atoms with Crippen LogP contribution in [0.1, 0.15) is 34.1 Å². The monoisotopic (exact) mass is 487 g/mol. The maximum atomic E-state index is 12.5. The minimum atomic E-state index is -0.930. The Morgan fingerprint density at radius 1 is 1.00 bits per heavy atom. The first-order chi connectivity index (χ1) is 18.1. The van der Waals surface area contributed by atoms with Gasteiger partial charge in [-0.25, -0.2) is 14.5 Å². The minimum absolute atomic E-state index is 0.331. The number of aromatic carboxylic acids is 1. The molecule has 0 saturated heterocycles. The van der Waals surface area contributed by atoms with Crippen molar-refractivity contribution in [3.63, 3.8) is 0 Å². The van der Waals surface area contributed by atoms with Gasteiger partial charge in [0.15, 0.2) is 0 Å². The normalized spacial score (nSPS) is 14.7. The molecule has 0 bridgehead atoms. The summed E-state index contributed by atoms with van der Waals surface area (Å²) in [7, 11) is 0. The second-order valence-corrected chi connectivity index (χ2v) is 9.06. The molecule has 1 N–H and O–H groups in total. The summed E-state index contributed by atoms with van der Waals surface area (Å²) in [6, 6.07) is 21.3. The van der Waals surface area contributed by atoms with Crippen molar-refractivity contribution in [2.75, 3.05) is 13.1 Å². The van der Waals surface area contributed by atoms with E-state index >= 15 is 0 Å². The number of hydrogen-bond donors (Lipinski definition) is 1. The van der Waals surface area contributed by atoms with Crippen LogP contribution in [0.5, 0.6) is 0 Å². The Kier molecular flexibility index (Phi) is 5.82. The van der Waals surface area contributed by atoms with Crippen molar-refractivity contribution < 1.29 is 9.90 Å². The van der Waals surface area contributed by atoms with E-state index in [4.69, 9.17) is 10.1 Å². The number of para-hydroxylation sites is 2. The van der Waals surface area contributed by atoms with Gasteiger partial charge in [-0.2, -0.15) is 5.10 Å². The smallest absolute Gasteiger partial charge is 0.336 e. The molecule has 0 radical (unpaired) electrons. The first kappa shape index (κ1) is 22.8. The van der Waals surface area contributed by atoms with Gasteiger partial charge in [0, 0.05) is 53.8 Å². The quantitative estimate of drug-likeness (QED) is 0.350. The molecule has 37 heavy (non-hydrogen) atoms. The van der Waals surface area contributed by atoms with Crippen LogP contribution in [-0.2, 0) is 6.54 Å². The fourth-order valence-corrected chi connectivity index (χ4v) is 4.97. The Balaban J connectivity index is 1.59. The third-order valence-corrected chi connectivity index (χ3v) is 6.76. The molecule has 4 heterocycles. The highest BCUT2D eigenvalue weighted by atomic mass is 16.4. The molecular weight excluding hydrogens is 462 g/mol. The Bertz CT molecular complexity index is 1640. The van der Waals surface area contributed by atoms with Crippen molar-refractivity contribution in [2.45, 2.75) is 13.5 Å². The number of likely N-dealkylation sites (N-methyl/N-ethyl adjacent to an activating group) is 1. The molecule has 1 aliphatic heterocycles. The Morgan fingerprint density at radius 3 is 2.57 bits per heavy atom. The SMILES string of the molecule is CCN1C/C(=C\c2cn(-c3ccccc3)nc2-c2cccnc2)c2nc3ccccc3c(C(=O)O)c2C1. The zero-order valence-electron chi connectivity index (χ0n) is 20.4. The predicted octanol–water partition coefficient (Wildman–Crippen LogP) is 5.56. The molecule has 6 rings (SSSR count). The first-order valence-corrected chi connectivity index (χ1v) is 12.3. The van der Waals surface area contributed by atoms with Gasteiger partial charge in [-0.15, -0.1) is 0 Å². The lowest BCUT2D eigenvalue weighted by molar-refractivity contribution is 0.0696. The van der Waals surface area contributed by atoms with Crippen molar-refractivity contribution >= 4 is 28.5 Å². The van der Waals surface area contributed by atoms with Crippen LogP contribution in [-0.4, -0.2) is 48.8 Å². The molecule has 0 unspecified atom stereocenters. The first-order valence-electron chi connectivity index (χ1n) is 12.3. The number of carbonyl (C=O) groups is 1. The summed E-state index contributed by atoms with van der Waals surface area (Å²) in [6.45, 7) is 4.09. The molecule has 0 fully saturated rings. The fraction of sp³-hybridized carbons (Fsp3) is 0.133. The molecule has 7 heteroatoms. The highest BCUT2D eigenvalue weighted by Crippen LogP contribution is 2.35. The molecule has 2 aromatic carbocycles. The average molecular weight is 488 g/mol. The lowest BCUT2D eigenvalue weighted by atomic mass is 9.92. The summed E-state index contributed by atoms with van der Waals surface area (Å²) < 4.78 is 1.87. The highest BCUT2D eigenvalue weighted by Gasteiger charge is 2.28. The molecule has 0 atom stereocenters. The summed E-state index contributed by atoms with van der Waals surface area (Å²) >= 11 is 0. The molecular formula is C30H25N5O2. The molecule has 0 saturated carbocycles. The number of rotatable bonds is 5. The van der Waals surface area contributed by atoms with E-state index in [2.05, 4.69) is 22.9 Å². The second kappa shape index (κ2) is 9.44. The zero-order valence-corrected chi connectivity index (χ0v) is 20.4. The van der Waals surface area contributed by atoms with Crippen LogP contribution in [0, 0.1) is 0 Å². The van der Waals surface area contributed by atoms with E-state index in [9.17, 15) is 9.90 Å². The molecule has 0 spiro atoms. The maximum Gasteiger partial charge on any atom is 0.336 e. The molecule has 5 aromatic rings. The molecule has 182 valence electrons. The maximum absolute atomic E-state index is 12.5. The number of pyridine rings is 2. The minimum Gasteiger partial charge on any atom is -0.478 e. The van der Waals surface area contributed by atoms with E-state index in [1.165, 1.54) is 0 Å². The topological polar surface area (TPSA) is 84.1 Å². The van der Waals surface area contributed by atoms with Gasteiger partial charge in [-0.3, -0.25) is 9.88 Å². The summed E-state index contributed by atoms with van der Waals surface area (Å²) in [6.07, 6.45) is 7.66. The van der Waals surface area contributed by atoms with Crippen molar-refractivity contribution in [1.82, 2.24) is 24.6 Å². The van der Waals surface area contributed by atoms with Gasteiger partial charge in [-0.1, -0.05) is 43.3 Å².